The van der Waals surface area contributed by atoms with Crippen LogP contribution in [0.1, 0.15) is 61.7 Å². The van der Waals surface area contributed by atoms with E-state index in [4.69, 9.17) is 11.5 Å². The molecule has 3 aliphatic heterocycles. The Morgan fingerprint density at radius 1 is 0.714 bits per heavy atom. The topological polar surface area (TPSA) is 138 Å². The Labute approximate surface area is 245 Å². The van der Waals surface area contributed by atoms with E-state index in [2.05, 4.69) is 26.2 Å². The molecule has 2 unspecified atom stereocenters. The smallest absolute Gasteiger partial charge is 0.241 e. The molecule has 0 aliphatic carbocycles. The first-order valence-corrected chi connectivity index (χ1v) is 14.8. The highest BCUT2D eigenvalue weighted by molar-refractivity contribution is 5.98. The quantitative estimate of drug-likeness (QED) is 0.231. The molecule has 2 amide bonds. The Balaban J connectivity index is 1.31. The van der Waals surface area contributed by atoms with Crippen molar-refractivity contribution >= 4 is 40.3 Å². The zero-order valence-electron chi connectivity index (χ0n) is 23.5. The van der Waals surface area contributed by atoms with E-state index in [1.165, 1.54) is 12.1 Å². The second kappa shape index (κ2) is 12.0. The van der Waals surface area contributed by atoms with E-state index in [0.717, 1.165) is 68.4 Å². The van der Waals surface area contributed by atoms with Crippen molar-refractivity contribution in [1.82, 2.24) is 10.6 Å². The van der Waals surface area contributed by atoms with Crippen LogP contribution in [-0.4, -0.2) is 37.0 Å². The Morgan fingerprint density at radius 3 is 1.62 bits per heavy atom. The van der Waals surface area contributed by atoms with Crippen molar-refractivity contribution in [2.45, 2.75) is 62.7 Å². The number of nitrogens with zero attached hydrogens (tertiary/aromatic N) is 1. The fourth-order valence-electron chi connectivity index (χ4n) is 6.47. The lowest BCUT2D eigenvalue weighted by atomic mass is 10.0. The number of nitrogens with two attached hydrogens (primary N) is 2. The summed E-state index contributed by atoms with van der Waals surface area (Å²) in [6, 6.07) is 17.5. The van der Waals surface area contributed by atoms with Gasteiger partial charge in [-0.05, 0) is 111 Å². The van der Waals surface area contributed by atoms with Gasteiger partial charge in [0.05, 0.1) is 46.9 Å². The normalized spacial score (nSPS) is 23.7. The molecule has 0 radical (unpaired) electrons. The van der Waals surface area contributed by atoms with E-state index >= 15 is 0 Å². The van der Waals surface area contributed by atoms with Gasteiger partial charge in [0.25, 0.3) is 0 Å². The number of nitrogen functional groups attached to an aromatic ring is 2. The van der Waals surface area contributed by atoms with E-state index < -0.39 is 0 Å². The first-order chi connectivity index (χ1) is 20.4. The minimum absolute atomic E-state index is 0.0559. The lowest BCUT2D eigenvalue weighted by Gasteiger charge is -2.34. The maximum Gasteiger partial charge on any atom is 0.241 e. The van der Waals surface area contributed by atoms with Crippen LogP contribution in [0.15, 0.2) is 60.7 Å². The first-order valence-electron chi connectivity index (χ1n) is 14.8. The Kier molecular flexibility index (Phi) is 7.99. The maximum atomic E-state index is 14.0. The molecule has 0 spiro atoms. The third-order valence-corrected chi connectivity index (χ3v) is 8.70. The molecule has 10 heteroatoms. The molecule has 3 fully saturated rings. The van der Waals surface area contributed by atoms with Crippen LogP contribution >= 0.6 is 0 Å². The predicted molar refractivity (Wildman–Crippen MR) is 165 cm³/mol. The van der Waals surface area contributed by atoms with Gasteiger partial charge < -0.3 is 37.6 Å². The molecule has 3 saturated heterocycles. The summed E-state index contributed by atoms with van der Waals surface area (Å²) in [5, 5.41) is 12.5. The van der Waals surface area contributed by atoms with E-state index in [0.29, 0.717) is 22.7 Å². The van der Waals surface area contributed by atoms with Gasteiger partial charge in [0.1, 0.15) is 5.82 Å². The van der Waals surface area contributed by atoms with Crippen LogP contribution in [0.25, 0.3) is 0 Å². The van der Waals surface area contributed by atoms with Crippen LogP contribution in [0.2, 0.25) is 0 Å². The number of halogens is 1. The summed E-state index contributed by atoms with van der Waals surface area (Å²) in [4.78, 5) is 28.0. The van der Waals surface area contributed by atoms with Gasteiger partial charge in [-0.2, -0.15) is 0 Å². The van der Waals surface area contributed by atoms with Gasteiger partial charge in [-0.25, -0.2) is 4.39 Å². The van der Waals surface area contributed by atoms with Crippen LogP contribution in [0.5, 0.6) is 0 Å². The van der Waals surface area contributed by atoms with E-state index in [9.17, 15) is 14.0 Å². The predicted octanol–water partition coefficient (Wildman–Crippen LogP) is 4.45. The highest BCUT2D eigenvalue weighted by Gasteiger charge is 2.36. The van der Waals surface area contributed by atoms with Gasteiger partial charge in [0.2, 0.25) is 11.8 Å². The number of hydrogen-bond donors (Lipinski definition) is 6. The van der Waals surface area contributed by atoms with Crippen molar-refractivity contribution in [2.24, 2.45) is 0 Å². The minimum atomic E-state index is -0.304. The molecule has 220 valence electrons. The van der Waals surface area contributed by atoms with Gasteiger partial charge in [-0.15, -0.1) is 0 Å². The molecule has 3 aromatic rings. The number of hydrogen-bond acceptors (Lipinski definition) is 7. The number of anilines is 5. The Morgan fingerprint density at radius 2 is 1.19 bits per heavy atom. The molecule has 0 bridgehead atoms. The second-order valence-corrected chi connectivity index (χ2v) is 11.5. The van der Waals surface area contributed by atoms with E-state index in [-0.39, 0.29) is 41.8 Å². The molecule has 9 nitrogen and oxygen atoms in total. The summed E-state index contributed by atoms with van der Waals surface area (Å²) in [5.74, 6) is -0.470. The maximum absolute atomic E-state index is 14.0. The number of rotatable bonds is 7. The van der Waals surface area contributed by atoms with E-state index in [1.807, 2.05) is 36.4 Å². The van der Waals surface area contributed by atoms with Crippen LogP contribution in [0.4, 0.5) is 32.8 Å². The molecule has 0 saturated carbocycles. The molecule has 6 rings (SSSR count). The van der Waals surface area contributed by atoms with Crippen molar-refractivity contribution in [3.05, 3.63) is 77.6 Å². The number of carbonyl (C=O) groups excluding carboxylic acids is 2. The summed E-state index contributed by atoms with van der Waals surface area (Å²) in [5.41, 5.74) is 17.6. The molecule has 0 aromatic heterocycles. The number of amides is 2. The summed E-state index contributed by atoms with van der Waals surface area (Å²) >= 11 is 0. The number of nitrogens with one attached hydrogen (secondary N) is 4. The first kappa shape index (κ1) is 28.0. The average molecular weight is 572 g/mol. The standard InChI is InChI=1S/C32H38FN7O2/c33-21-7-9-22(10-8-21)40-29(19-5-11-23(34)27(17-19)38-31(41)25-3-1-15-36-25)13-14-30(40)20-6-12-24(35)28(18-20)39-32(42)26-4-2-16-37-26/h5-12,17-18,25-26,29-30,36-37H,1-4,13-16,34-35H2,(H,38,41)(H,39,42)/t25-,26-,29?,30?/m0/s1. The van der Waals surface area contributed by atoms with Crippen molar-refractivity contribution in [3.63, 3.8) is 0 Å². The Hall–Kier alpha value is -4.15. The second-order valence-electron chi connectivity index (χ2n) is 11.5. The largest absolute Gasteiger partial charge is 0.397 e. The van der Waals surface area contributed by atoms with Crippen LogP contribution in [-0.2, 0) is 9.59 Å². The fourth-order valence-corrected chi connectivity index (χ4v) is 6.47. The summed E-state index contributed by atoms with van der Waals surface area (Å²) in [7, 11) is 0. The molecule has 42 heavy (non-hydrogen) atoms. The van der Waals surface area contributed by atoms with Gasteiger partial charge in [-0.3, -0.25) is 9.59 Å². The third kappa shape index (κ3) is 5.77. The molecule has 3 aliphatic rings. The van der Waals surface area contributed by atoms with Crippen molar-refractivity contribution in [3.8, 4) is 0 Å². The van der Waals surface area contributed by atoms with E-state index in [1.54, 1.807) is 12.1 Å². The molecular weight excluding hydrogens is 533 g/mol. The minimum Gasteiger partial charge on any atom is -0.397 e. The summed E-state index contributed by atoms with van der Waals surface area (Å²) < 4.78 is 14.0. The average Bonchev–Trinajstić information content (AvgIpc) is 3.78. The summed E-state index contributed by atoms with van der Waals surface area (Å²) in [6.07, 6.45) is 5.18. The van der Waals surface area contributed by atoms with Crippen molar-refractivity contribution < 1.29 is 14.0 Å². The third-order valence-electron chi connectivity index (χ3n) is 8.70. The molecule has 4 atom stereocenters. The van der Waals surface area contributed by atoms with Crippen LogP contribution in [0.3, 0.4) is 0 Å². The lowest BCUT2D eigenvalue weighted by molar-refractivity contribution is -0.118. The SMILES string of the molecule is Nc1ccc(C2CCC(c3ccc(N)c(NC(=O)[C@@H]4CCCN4)c3)N2c2ccc(F)cc2)cc1NC(=O)[C@@H]1CCCN1. The van der Waals surface area contributed by atoms with Crippen LogP contribution < -0.4 is 37.6 Å². The molecule has 3 aromatic carbocycles. The van der Waals surface area contributed by atoms with Crippen molar-refractivity contribution in [1.29, 1.82) is 0 Å². The van der Waals surface area contributed by atoms with Gasteiger partial charge in [0, 0.05) is 5.69 Å². The zero-order valence-corrected chi connectivity index (χ0v) is 23.5. The number of benzene rings is 3. The summed E-state index contributed by atoms with van der Waals surface area (Å²) in [6.45, 7) is 1.66. The Bertz CT molecular complexity index is 1360. The van der Waals surface area contributed by atoms with Gasteiger partial charge in [0.15, 0.2) is 0 Å². The fraction of sp³-hybridized carbons (Fsp3) is 0.375. The molecule has 8 N–H and O–H groups in total. The number of carbonyl (C=O) groups is 2. The molecule has 3 heterocycles. The zero-order chi connectivity index (χ0) is 29.2. The van der Waals surface area contributed by atoms with Gasteiger partial charge in [-0.1, -0.05) is 12.1 Å². The highest BCUT2D eigenvalue weighted by Crippen LogP contribution is 2.48. The monoisotopic (exact) mass is 571 g/mol. The van der Waals surface area contributed by atoms with Gasteiger partial charge >= 0.3 is 0 Å². The van der Waals surface area contributed by atoms with Crippen molar-refractivity contribution in [2.75, 3.05) is 40.1 Å². The van der Waals surface area contributed by atoms with Crippen LogP contribution in [0, 0.1) is 5.82 Å². The molecular formula is C32H38FN7O2. The lowest BCUT2D eigenvalue weighted by Crippen LogP contribution is -2.35. The highest BCUT2D eigenvalue weighted by atomic mass is 19.1.